The summed E-state index contributed by atoms with van der Waals surface area (Å²) in [6.07, 6.45) is 0. The van der Waals surface area contributed by atoms with Crippen molar-refractivity contribution < 1.29 is 5.02 Å². The third-order valence-electron chi connectivity index (χ3n) is 6.45. The Balaban J connectivity index is 1.69. The average molecular weight is 412 g/mol. The highest BCUT2D eigenvalue weighted by atomic mass is 16.2. The first-order valence-electron chi connectivity index (χ1n) is 10.4. The standard InChI is InChI=1S/C24H13BN6O/c32-25-30-21-15-9-3-5-11-17(15)23(30)29-24-18-12-6-4-10-16(18)22(31(24)25)28-20-14-8-2-1-7-13(14)19(26-20)27-21/h1-12,32H/b27-19-,27-21?,28-20?,28-22-. The third kappa shape index (κ3) is 1.83. The quantitative estimate of drug-likeness (QED) is 0.390. The molecule has 4 bridgehead atoms. The number of hydrogen-bond acceptors (Lipinski definition) is 5. The number of aliphatic imine (C=N–C) groups is 2. The van der Waals surface area contributed by atoms with E-state index in [0.717, 1.165) is 32.7 Å². The summed E-state index contributed by atoms with van der Waals surface area (Å²) in [6, 6.07) is 24.0. The van der Waals surface area contributed by atoms with E-state index < -0.39 is 7.19 Å². The van der Waals surface area contributed by atoms with Crippen LogP contribution in [-0.4, -0.2) is 32.8 Å². The summed E-state index contributed by atoms with van der Waals surface area (Å²) >= 11 is 0. The predicted molar refractivity (Wildman–Crippen MR) is 124 cm³/mol. The smallest absolute Gasteiger partial charge is 0.413 e. The van der Waals surface area contributed by atoms with Gasteiger partial charge in [-0.3, -0.25) is 0 Å². The number of rotatable bonds is 0. The number of fused-ring (bicyclic) bond motifs is 10. The van der Waals surface area contributed by atoms with Crippen LogP contribution in [0.2, 0.25) is 0 Å². The molecule has 0 unspecified atom stereocenters. The van der Waals surface area contributed by atoms with Gasteiger partial charge in [-0.25, -0.2) is 20.0 Å². The molecule has 148 valence electrons. The lowest BCUT2D eigenvalue weighted by molar-refractivity contribution is 0.528. The Morgan fingerprint density at radius 1 is 0.531 bits per heavy atom. The summed E-state index contributed by atoms with van der Waals surface area (Å²) < 4.78 is 3.56. The summed E-state index contributed by atoms with van der Waals surface area (Å²) in [5.74, 6) is 2.50. The van der Waals surface area contributed by atoms with Crippen LogP contribution in [0.25, 0.3) is 21.5 Å². The molecule has 0 fully saturated rings. The lowest BCUT2D eigenvalue weighted by Crippen LogP contribution is -2.48. The van der Waals surface area contributed by atoms with Crippen LogP contribution in [0, 0.1) is 0 Å². The van der Waals surface area contributed by atoms with Crippen LogP contribution in [0.15, 0.2) is 92.8 Å². The van der Waals surface area contributed by atoms with Crippen molar-refractivity contribution in [3.8, 4) is 0 Å². The monoisotopic (exact) mass is 412 g/mol. The molecule has 0 atom stereocenters. The van der Waals surface area contributed by atoms with Gasteiger partial charge in [-0.05, 0) is 0 Å². The van der Waals surface area contributed by atoms with Gasteiger partial charge in [0, 0.05) is 32.7 Å². The predicted octanol–water partition coefficient (Wildman–Crippen LogP) is 2.71. The van der Waals surface area contributed by atoms with E-state index in [1.165, 1.54) is 0 Å². The third-order valence-corrected chi connectivity index (χ3v) is 6.45. The molecule has 0 radical (unpaired) electrons. The molecule has 32 heavy (non-hydrogen) atoms. The van der Waals surface area contributed by atoms with Gasteiger partial charge in [-0.15, -0.1) is 0 Å². The minimum absolute atomic E-state index is 0.590. The fourth-order valence-electron chi connectivity index (χ4n) is 5.04. The van der Waals surface area contributed by atoms with Crippen LogP contribution in [0.4, 0.5) is 11.6 Å². The molecule has 0 aliphatic carbocycles. The molecule has 8 heteroatoms. The van der Waals surface area contributed by atoms with Crippen molar-refractivity contribution in [1.82, 2.24) is 8.96 Å². The summed E-state index contributed by atoms with van der Waals surface area (Å²) in [5, 5.41) is 15.4. The van der Waals surface area contributed by atoms with Crippen LogP contribution in [-0.2, 0) is 0 Å². The molecule has 0 amide bonds. The van der Waals surface area contributed by atoms with Gasteiger partial charge in [0.2, 0.25) is 0 Å². The minimum Gasteiger partial charge on any atom is -0.413 e. The number of benzene rings is 3. The molecule has 3 aliphatic rings. The van der Waals surface area contributed by atoms with E-state index in [9.17, 15) is 5.02 Å². The Bertz CT molecular complexity index is 1860. The fourth-order valence-corrected chi connectivity index (χ4v) is 5.04. The van der Waals surface area contributed by atoms with E-state index in [1.54, 1.807) is 8.96 Å². The van der Waals surface area contributed by atoms with E-state index in [2.05, 4.69) is 0 Å². The van der Waals surface area contributed by atoms with Crippen molar-refractivity contribution >= 4 is 52.0 Å². The maximum absolute atomic E-state index is 11.7. The molecule has 0 saturated heterocycles. The van der Waals surface area contributed by atoms with Gasteiger partial charge in [0.1, 0.15) is 22.6 Å². The van der Waals surface area contributed by atoms with Crippen LogP contribution in [0.1, 0.15) is 11.1 Å². The zero-order valence-electron chi connectivity index (χ0n) is 16.6. The number of amidine groups is 2. The molecule has 0 spiro atoms. The molecular weight excluding hydrogens is 399 g/mol. The van der Waals surface area contributed by atoms with Crippen LogP contribution in [0.5, 0.6) is 0 Å². The number of nitrogens with zero attached hydrogens (tertiary/aromatic N) is 6. The summed E-state index contributed by atoms with van der Waals surface area (Å²) in [5.41, 5.74) is 3.18. The van der Waals surface area contributed by atoms with Crippen molar-refractivity contribution in [2.75, 3.05) is 0 Å². The Kier molecular flexibility index (Phi) is 2.81. The Morgan fingerprint density at radius 2 is 1.03 bits per heavy atom. The van der Waals surface area contributed by atoms with Gasteiger partial charge in [0.15, 0.2) is 11.7 Å². The van der Waals surface area contributed by atoms with E-state index in [-0.39, 0.29) is 0 Å². The lowest BCUT2D eigenvalue weighted by atomic mass is 10.00. The lowest BCUT2D eigenvalue weighted by Gasteiger charge is -2.18. The summed E-state index contributed by atoms with van der Waals surface area (Å²) in [7, 11) is -1.03. The molecular formula is C24H13BN6O. The highest BCUT2D eigenvalue weighted by molar-refractivity contribution is 6.50. The molecule has 0 saturated carbocycles. The van der Waals surface area contributed by atoms with Gasteiger partial charge in [0.25, 0.3) is 0 Å². The number of aromatic nitrogens is 2. The average Bonchev–Trinajstić information content (AvgIpc) is 3.45. The topological polar surface area (TPSA) is 79.5 Å². The molecule has 2 aromatic heterocycles. The van der Waals surface area contributed by atoms with Gasteiger partial charge in [0.05, 0.1) is 0 Å². The van der Waals surface area contributed by atoms with Crippen molar-refractivity contribution in [2.24, 2.45) is 20.0 Å². The first kappa shape index (κ1) is 16.4. The van der Waals surface area contributed by atoms with Crippen LogP contribution in [0.3, 0.4) is 0 Å². The van der Waals surface area contributed by atoms with Gasteiger partial charge in [-0.1, -0.05) is 72.8 Å². The maximum Gasteiger partial charge on any atom is 0.560 e. The molecule has 7 nitrogen and oxygen atoms in total. The molecule has 5 aromatic rings. The zero-order chi connectivity index (χ0) is 21.0. The highest BCUT2D eigenvalue weighted by Crippen LogP contribution is 2.40. The highest BCUT2D eigenvalue weighted by Gasteiger charge is 2.35. The first-order valence-corrected chi connectivity index (χ1v) is 10.4. The molecule has 5 heterocycles. The Hall–Kier alpha value is -4.30. The summed E-state index contributed by atoms with van der Waals surface area (Å²) in [6.45, 7) is 0. The SMILES string of the molecule is OB1n2c3c4ccccc4c2/N=C2N=C(/N=c4/c5ccccc5c(n41)=N3)c1ccccc1\2. The summed E-state index contributed by atoms with van der Waals surface area (Å²) in [4.78, 5) is 19.8. The molecule has 1 N–H and O–H groups in total. The molecule has 3 aliphatic heterocycles. The van der Waals surface area contributed by atoms with Crippen molar-refractivity contribution in [3.63, 3.8) is 0 Å². The minimum atomic E-state index is -1.03. The van der Waals surface area contributed by atoms with E-state index >= 15 is 0 Å². The van der Waals surface area contributed by atoms with E-state index in [1.807, 2.05) is 72.8 Å². The Labute approximate surface area is 181 Å². The number of hydrogen-bond donors (Lipinski definition) is 1. The van der Waals surface area contributed by atoms with Gasteiger partial charge < -0.3 is 14.0 Å². The first-order chi connectivity index (χ1) is 15.8. The second-order valence-corrected chi connectivity index (χ2v) is 8.11. The zero-order valence-corrected chi connectivity index (χ0v) is 16.6. The molecule has 8 rings (SSSR count). The molecule has 3 aromatic carbocycles. The second kappa shape index (κ2) is 5.49. The van der Waals surface area contributed by atoms with Crippen molar-refractivity contribution in [1.29, 1.82) is 0 Å². The Morgan fingerprint density at radius 3 is 1.69 bits per heavy atom. The fraction of sp³-hybridized carbons (Fsp3) is 0. The van der Waals surface area contributed by atoms with Crippen molar-refractivity contribution in [2.45, 2.75) is 0 Å². The second-order valence-electron chi connectivity index (χ2n) is 8.11. The van der Waals surface area contributed by atoms with Gasteiger partial charge in [-0.2, -0.15) is 0 Å². The van der Waals surface area contributed by atoms with Gasteiger partial charge >= 0.3 is 7.19 Å². The van der Waals surface area contributed by atoms with E-state index in [0.29, 0.717) is 34.3 Å². The normalized spacial score (nSPS) is 17.9. The maximum atomic E-state index is 11.7. The van der Waals surface area contributed by atoms with Crippen LogP contribution >= 0.6 is 0 Å². The van der Waals surface area contributed by atoms with Crippen LogP contribution < -0.4 is 11.0 Å². The van der Waals surface area contributed by atoms with E-state index in [4.69, 9.17) is 20.0 Å². The largest absolute Gasteiger partial charge is 0.560 e. The van der Waals surface area contributed by atoms with Crippen molar-refractivity contribution in [3.05, 3.63) is 94.9 Å².